The van der Waals surface area contributed by atoms with Gasteiger partial charge in [0.05, 0.1) is 30.8 Å². The van der Waals surface area contributed by atoms with E-state index in [1.165, 1.54) is 32.4 Å². The molecule has 0 spiro atoms. The number of hydrogen-bond donors (Lipinski definition) is 0. The second kappa shape index (κ2) is 7.51. The molecule has 1 aliphatic heterocycles. The number of nitro groups is 1. The van der Waals surface area contributed by atoms with E-state index < -0.39 is 10.9 Å². The van der Waals surface area contributed by atoms with E-state index in [1.54, 1.807) is 6.07 Å². The van der Waals surface area contributed by atoms with Gasteiger partial charge in [0.1, 0.15) is 0 Å². The van der Waals surface area contributed by atoms with Crippen molar-refractivity contribution >= 4 is 23.6 Å². The molecule has 0 radical (unpaired) electrons. The summed E-state index contributed by atoms with van der Waals surface area (Å²) in [6, 6.07) is 8.22. The van der Waals surface area contributed by atoms with Crippen molar-refractivity contribution in [3.8, 4) is 11.5 Å². The lowest BCUT2D eigenvalue weighted by molar-refractivity contribution is -0.385. The number of aliphatic imine (C=N–C) groups is 1. The van der Waals surface area contributed by atoms with Crippen LogP contribution in [0.4, 0.5) is 5.69 Å². The molecule has 28 heavy (non-hydrogen) atoms. The van der Waals surface area contributed by atoms with Crippen LogP contribution in [0.5, 0.6) is 11.5 Å². The molecule has 0 atom stereocenters. The second-order valence-electron chi connectivity index (χ2n) is 6.16. The summed E-state index contributed by atoms with van der Waals surface area (Å²) < 4.78 is 15.5. The van der Waals surface area contributed by atoms with Crippen LogP contribution in [0.2, 0.25) is 0 Å². The van der Waals surface area contributed by atoms with Gasteiger partial charge in [0.15, 0.2) is 17.2 Å². The smallest absolute Gasteiger partial charge is 0.363 e. The minimum atomic E-state index is -0.683. The third-order valence-electron chi connectivity index (χ3n) is 4.40. The van der Waals surface area contributed by atoms with Gasteiger partial charge in [0, 0.05) is 5.56 Å². The van der Waals surface area contributed by atoms with Crippen LogP contribution in [0.1, 0.15) is 22.3 Å². The van der Waals surface area contributed by atoms with Gasteiger partial charge in [-0.05, 0) is 49.2 Å². The Labute approximate surface area is 161 Å². The normalized spacial score (nSPS) is 14.6. The molecule has 2 aromatic rings. The maximum atomic E-state index is 12.2. The molecule has 0 unspecified atom stereocenters. The SMILES string of the molecule is COc1cc(/C=C2\N=C(c3ccc(C)c(C)c3)OC2=O)c([N+](=O)[O-])cc1OC. The molecule has 0 fully saturated rings. The van der Waals surface area contributed by atoms with E-state index in [2.05, 4.69) is 4.99 Å². The summed E-state index contributed by atoms with van der Waals surface area (Å²) in [7, 11) is 2.80. The van der Waals surface area contributed by atoms with Gasteiger partial charge in [0.2, 0.25) is 5.90 Å². The van der Waals surface area contributed by atoms with Crippen LogP contribution >= 0.6 is 0 Å². The number of nitrogens with zero attached hydrogens (tertiary/aromatic N) is 2. The van der Waals surface area contributed by atoms with E-state index in [0.29, 0.717) is 11.3 Å². The van der Waals surface area contributed by atoms with E-state index in [0.717, 1.165) is 11.1 Å². The van der Waals surface area contributed by atoms with Crippen LogP contribution in [0, 0.1) is 24.0 Å². The molecule has 0 N–H and O–H groups in total. The fraction of sp³-hybridized carbons (Fsp3) is 0.200. The summed E-state index contributed by atoms with van der Waals surface area (Å²) in [6.45, 7) is 3.92. The van der Waals surface area contributed by atoms with Crippen LogP contribution in [0.15, 0.2) is 41.0 Å². The molecule has 144 valence electrons. The number of carbonyl (C=O) groups is 1. The Kier molecular flexibility index (Phi) is 5.12. The minimum absolute atomic E-state index is 0.0384. The highest BCUT2D eigenvalue weighted by Crippen LogP contribution is 2.36. The quantitative estimate of drug-likeness (QED) is 0.339. The Morgan fingerprint density at radius 1 is 1.07 bits per heavy atom. The predicted molar refractivity (Wildman–Crippen MR) is 103 cm³/mol. The summed E-state index contributed by atoms with van der Waals surface area (Å²) in [5.41, 5.74) is 2.66. The molecule has 0 aromatic heterocycles. The van der Waals surface area contributed by atoms with Crippen LogP contribution in [0.25, 0.3) is 6.08 Å². The van der Waals surface area contributed by atoms with Gasteiger partial charge in [-0.1, -0.05) is 6.07 Å². The summed E-state index contributed by atoms with van der Waals surface area (Å²) >= 11 is 0. The molecular formula is C20H18N2O6. The third kappa shape index (κ3) is 3.57. The molecule has 8 heteroatoms. The highest BCUT2D eigenvalue weighted by Gasteiger charge is 2.26. The summed E-state index contributed by atoms with van der Waals surface area (Å²) in [6.07, 6.45) is 1.30. The highest BCUT2D eigenvalue weighted by atomic mass is 16.6. The van der Waals surface area contributed by atoms with Gasteiger partial charge >= 0.3 is 5.97 Å². The van der Waals surface area contributed by atoms with Gasteiger partial charge in [-0.25, -0.2) is 9.79 Å². The zero-order chi connectivity index (χ0) is 20.4. The van der Waals surface area contributed by atoms with Gasteiger partial charge in [-0.3, -0.25) is 10.1 Å². The molecule has 2 aromatic carbocycles. The fourth-order valence-electron chi connectivity index (χ4n) is 2.71. The number of benzene rings is 2. The van der Waals surface area contributed by atoms with Crippen molar-refractivity contribution in [3.63, 3.8) is 0 Å². The number of methoxy groups -OCH3 is 2. The molecule has 0 aliphatic carbocycles. The first kappa shape index (κ1) is 19.1. The molecule has 1 heterocycles. The van der Waals surface area contributed by atoms with Gasteiger partial charge in [-0.15, -0.1) is 0 Å². The molecular weight excluding hydrogens is 364 g/mol. The topological polar surface area (TPSA) is 100 Å². The Bertz CT molecular complexity index is 1040. The lowest BCUT2D eigenvalue weighted by Crippen LogP contribution is -2.06. The number of hydrogen-bond acceptors (Lipinski definition) is 7. The highest BCUT2D eigenvalue weighted by molar-refractivity contribution is 6.13. The van der Waals surface area contributed by atoms with E-state index in [-0.39, 0.29) is 28.6 Å². The molecule has 0 saturated heterocycles. The summed E-state index contributed by atoms with van der Waals surface area (Å²) in [4.78, 5) is 27.3. The zero-order valence-electron chi connectivity index (χ0n) is 15.8. The van der Waals surface area contributed by atoms with E-state index in [4.69, 9.17) is 14.2 Å². The monoisotopic (exact) mass is 382 g/mol. The number of aryl methyl sites for hydroxylation is 2. The zero-order valence-corrected chi connectivity index (χ0v) is 15.8. The van der Waals surface area contributed by atoms with Crippen molar-refractivity contribution < 1.29 is 23.9 Å². The van der Waals surface area contributed by atoms with E-state index >= 15 is 0 Å². The van der Waals surface area contributed by atoms with Crippen LogP contribution < -0.4 is 9.47 Å². The Balaban J connectivity index is 2.07. The molecule has 1 aliphatic rings. The summed E-state index contributed by atoms with van der Waals surface area (Å²) in [5, 5.41) is 11.4. The Morgan fingerprint density at radius 3 is 2.36 bits per heavy atom. The number of cyclic esters (lactones) is 1. The Morgan fingerprint density at radius 2 is 1.75 bits per heavy atom. The van der Waals surface area contributed by atoms with E-state index in [9.17, 15) is 14.9 Å². The average Bonchev–Trinajstić information content (AvgIpc) is 3.03. The maximum absolute atomic E-state index is 12.2. The lowest BCUT2D eigenvalue weighted by atomic mass is 10.1. The standard InChI is InChI=1S/C20H18N2O6/c1-11-5-6-13(7-12(11)2)19-21-15(20(23)28-19)8-14-9-17(26-3)18(27-4)10-16(14)22(24)25/h5-10H,1-4H3/b15-8-. The average molecular weight is 382 g/mol. The number of ether oxygens (including phenoxy) is 3. The fourth-order valence-corrected chi connectivity index (χ4v) is 2.71. The first-order valence-corrected chi connectivity index (χ1v) is 8.34. The third-order valence-corrected chi connectivity index (χ3v) is 4.40. The van der Waals surface area contributed by atoms with Crippen LogP contribution in [0.3, 0.4) is 0 Å². The predicted octanol–water partition coefficient (Wildman–Crippen LogP) is 3.57. The van der Waals surface area contributed by atoms with Gasteiger partial charge < -0.3 is 14.2 Å². The van der Waals surface area contributed by atoms with Crippen molar-refractivity contribution in [3.05, 3.63) is 68.4 Å². The molecule has 0 bridgehead atoms. The van der Waals surface area contributed by atoms with E-state index in [1.807, 2.05) is 26.0 Å². The largest absolute Gasteiger partial charge is 0.493 e. The minimum Gasteiger partial charge on any atom is -0.493 e. The lowest BCUT2D eigenvalue weighted by Gasteiger charge is -2.08. The Hall–Kier alpha value is -3.68. The number of nitro benzene ring substituents is 1. The van der Waals surface area contributed by atoms with Crippen LogP contribution in [-0.4, -0.2) is 31.0 Å². The molecule has 3 rings (SSSR count). The summed E-state index contributed by atoms with van der Waals surface area (Å²) in [5.74, 6) is -0.0193. The van der Waals surface area contributed by atoms with Gasteiger partial charge in [0.25, 0.3) is 5.69 Å². The number of esters is 1. The van der Waals surface area contributed by atoms with Crippen molar-refractivity contribution in [2.75, 3.05) is 14.2 Å². The van der Waals surface area contributed by atoms with Crippen molar-refractivity contribution in [2.45, 2.75) is 13.8 Å². The first-order chi connectivity index (χ1) is 13.3. The number of rotatable bonds is 5. The maximum Gasteiger partial charge on any atom is 0.363 e. The van der Waals surface area contributed by atoms with Gasteiger partial charge in [-0.2, -0.15) is 0 Å². The molecule has 0 amide bonds. The van der Waals surface area contributed by atoms with Crippen molar-refractivity contribution in [1.82, 2.24) is 0 Å². The second-order valence-corrected chi connectivity index (χ2v) is 6.16. The number of carbonyl (C=O) groups excluding carboxylic acids is 1. The molecule has 8 nitrogen and oxygen atoms in total. The van der Waals surface area contributed by atoms with Crippen LogP contribution in [-0.2, 0) is 9.53 Å². The molecule has 0 saturated carbocycles. The first-order valence-electron chi connectivity index (χ1n) is 8.34. The van der Waals surface area contributed by atoms with Crippen molar-refractivity contribution in [1.29, 1.82) is 0 Å². The van der Waals surface area contributed by atoms with Crippen molar-refractivity contribution in [2.24, 2.45) is 4.99 Å².